The van der Waals surface area contributed by atoms with Crippen molar-refractivity contribution >= 4 is 5.69 Å². The largest absolute Gasteiger partial charge is 0.494 e. The molecule has 1 aromatic heterocycles. The van der Waals surface area contributed by atoms with Gasteiger partial charge in [0.15, 0.2) is 0 Å². The van der Waals surface area contributed by atoms with E-state index < -0.39 is 0 Å². The minimum absolute atomic E-state index is 0.759. The number of benzene rings is 1. The van der Waals surface area contributed by atoms with E-state index in [1.54, 1.807) is 14.2 Å². The highest BCUT2D eigenvalue weighted by atomic mass is 16.6. The molecule has 4 heteroatoms. The fraction of sp³-hybridized carbons (Fsp3) is 0.214. The third-order valence-electron chi connectivity index (χ3n) is 2.57. The van der Waals surface area contributed by atoms with Crippen LogP contribution in [0.4, 0.5) is 5.69 Å². The van der Waals surface area contributed by atoms with Gasteiger partial charge in [0.25, 0.3) is 0 Å². The average Bonchev–Trinajstić information content (AvgIpc) is 2.39. The Morgan fingerprint density at radius 3 is 2.67 bits per heavy atom. The molecule has 0 bridgehead atoms. The average molecular weight is 244 g/mol. The first-order valence-corrected chi connectivity index (χ1v) is 5.65. The van der Waals surface area contributed by atoms with E-state index in [9.17, 15) is 0 Å². The smallest absolute Gasteiger partial charge is 0.145 e. The van der Waals surface area contributed by atoms with E-state index >= 15 is 0 Å². The van der Waals surface area contributed by atoms with Crippen LogP contribution in [0.1, 0.15) is 5.69 Å². The van der Waals surface area contributed by atoms with Gasteiger partial charge in [0.2, 0.25) is 0 Å². The number of rotatable bonds is 4. The fourth-order valence-electron chi connectivity index (χ4n) is 1.76. The molecule has 18 heavy (non-hydrogen) atoms. The lowest BCUT2D eigenvalue weighted by atomic mass is 10.1. The topological polar surface area (TPSA) is 43.4 Å². The number of anilines is 1. The summed E-state index contributed by atoms with van der Waals surface area (Å²) in [5, 5.41) is 0. The summed E-state index contributed by atoms with van der Waals surface area (Å²) in [5.74, 6) is 0.759. The van der Waals surface area contributed by atoms with Crippen molar-refractivity contribution in [2.45, 2.75) is 6.92 Å². The number of hydrogen-bond donors (Lipinski definition) is 1. The molecular weight excluding hydrogens is 228 g/mol. The highest BCUT2D eigenvalue weighted by molar-refractivity contribution is 5.70. The normalized spacial score (nSPS) is 10.2. The van der Waals surface area contributed by atoms with Gasteiger partial charge in [-0.15, -0.1) is 0 Å². The Balaban J connectivity index is 2.47. The van der Waals surface area contributed by atoms with Gasteiger partial charge in [-0.3, -0.25) is 10.3 Å². The lowest BCUT2D eigenvalue weighted by Crippen LogP contribution is -1.97. The predicted octanol–water partition coefficient (Wildman–Crippen LogP) is 3.04. The second-order valence-corrected chi connectivity index (χ2v) is 3.89. The number of pyridine rings is 1. The maximum absolute atomic E-state index is 5.34. The van der Waals surface area contributed by atoms with E-state index in [0.717, 1.165) is 28.4 Å². The van der Waals surface area contributed by atoms with Crippen LogP contribution in [-0.2, 0) is 4.84 Å². The van der Waals surface area contributed by atoms with Crippen LogP contribution in [-0.4, -0.2) is 19.2 Å². The quantitative estimate of drug-likeness (QED) is 0.839. The van der Waals surface area contributed by atoms with Crippen molar-refractivity contribution in [1.29, 1.82) is 0 Å². The molecule has 4 nitrogen and oxygen atoms in total. The van der Waals surface area contributed by atoms with Crippen molar-refractivity contribution in [1.82, 2.24) is 4.98 Å². The van der Waals surface area contributed by atoms with Crippen molar-refractivity contribution in [3.8, 4) is 17.0 Å². The Kier molecular flexibility index (Phi) is 3.79. The van der Waals surface area contributed by atoms with E-state index in [0.29, 0.717) is 0 Å². The van der Waals surface area contributed by atoms with Gasteiger partial charge in [0.1, 0.15) is 11.4 Å². The van der Waals surface area contributed by atoms with Crippen molar-refractivity contribution < 1.29 is 9.57 Å². The first-order valence-electron chi connectivity index (χ1n) is 5.65. The molecular formula is C14H16N2O2. The van der Waals surface area contributed by atoms with Gasteiger partial charge in [-0.2, -0.15) is 0 Å². The zero-order valence-electron chi connectivity index (χ0n) is 10.7. The number of nitrogens with one attached hydrogen (secondary N) is 1. The van der Waals surface area contributed by atoms with Gasteiger partial charge in [-0.05, 0) is 31.2 Å². The molecule has 1 N–H and O–H groups in total. The van der Waals surface area contributed by atoms with Crippen LogP contribution in [0.15, 0.2) is 36.4 Å². The molecule has 0 atom stereocenters. The second-order valence-electron chi connectivity index (χ2n) is 3.89. The van der Waals surface area contributed by atoms with Crippen LogP contribution in [0.5, 0.6) is 5.75 Å². The summed E-state index contributed by atoms with van der Waals surface area (Å²) in [5.41, 5.74) is 6.45. The standard InChI is InChI=1S/C14H16N2O2/c1-10-7-8-13(17-2)14(15-10)11-5-4-6-12(9-11)16-18-3/h4-9,16H,1-3H3. The van der Waals surface area contributed by atoms with Crippen LogP contribution in [0.2, 0.25) is 0 Å². The Bertz CT molecular complexity index is 541. The van der Waals surface area contributed by atoms with E-state index in [1.165, 1.54) is 0 Å². The SMILES string of the molecule is CONc1cccc(-c2nc(C)ccc2OC)c1. The number of aryl methyl sites for hydroxylation is 1. The summed E-state index contributed by atoms with van der Waals surface area (Å²) in [6, 6.07) is 11.7. The molecule has 0 saturated heterocycles. The zero-order chi connectivity index (χ0) is 13.0. The molecule has 0 aliphatic carbocycles. The van der Waals surface area contributed by atoms with Gasteiger partial charge in [-0.1, -0.05) is 12.1 Å². The summed E-state index contributed by atoms with van der Waals surface area (Å²) in [7, 11) is 3.23. The summed E-state index contributed by atoms with van der Waals surface area (Å²) in [6.07, 6.45) is 0. The minimum Gasteiger partial charge on any atom is -0.494 e. The molecule has 0 spiro atoms. The van der Waals surface area contributed by atoms with E-state index in [1.807, 2.05) is 43.3 Å². The van der Waals surface area contributed by atoms with Crippen molar-refractivity contribution in [2.24, 2.45) is 0 Å². The number of methoxy groups -OCH3 is 1. The molecule has 0 fully saturated rings. The van der Waals surface area contributed by atoms with Crippen LogP contribution in [0.3, 0.4) is 0 Å². The highest BCUT2D eigenvalue weighted by Gasteiger charge is 2.08. The van der Waals surface area contributed by atoms with Gasteiger partial charge >= 0.3 is 0 Å². The molecule has 1 aromatic carbocycles. The third kappa shape index (κ3) is 2.60. The lowest BCUT2D eigenvalue weighted by Gasteiger charge is -2.10. The van der Waals surface area contributed by atoms with E-state index in [2.05, 4.69) is 10.5 Å². The molecule has 1 heterocycles. The van der Waals surface area contributed by atoms with Crippen molar-refractivity contribution in [3.05, 3.63) is 42.1 Å². The second kappa shape index (κ2) is 5.51. The van der Waals surface area contributed by atoms with E-state index in [4.69, 9.17) is 9.57 Å². The summed E-state index contributed by atoms with van der Waals surface area (Å²) >= 11 is 0. The number of ether oxygens (including phenoxy) is 1. The minimum atomic E-state index is 0.759. The predicted molar refractivity (Wildman–Crippen MR) is 71.6 cm³/mol. The first kappa shape index (κ1) is 12.4. The third-order valence-corrected chi connectivity index (χ3v) is 2.57. The van der Waals surface area contributed by atoms with E-state index in [-0.39, 0.29) is 0 Å². The molecule has 0 unspecified atom stereocenters. The number of hydrogen-bond acceptors (Lipinski definition) is 4. The number of nitrogens with zero attached hydrogens (tertiary/aromatic N) is 1. The molecule has 0 amide bonds. The van der Waals surface area contributed by atoms with Crippen molar-refractivity contribution in [2.75, 3.05) is 19.7 Å². The van der Waals surface area contributed by atoms with Crippen LogP contribution in [0.25, 0.3) is 11.3 Å². The lowest BCUT2D eigenvalue weighted by molar-refractivity contribution is 0.271. The maximum Gasteiger partial charge on any atom is 0.145 e. The molecule has 0 aliphatic rings. The maximum atomic E-state index is 5.34. The summed E-state index contributed by atoms with van der Waals surface area (Å²) in [6.45, 7) is 1.96. The molecule has 0 aliphatic heterocycles. The zero-order valence-corrected chi connectivity index (χ0v) is 10.7. The van der Waals surface area contributed by atoms with Crippen LogP contribution < -0.4 is 10.2 Å². The Hall–Kier alpha value is -2.07. The monoisotopic (exact) mass is 244 g/mol. The Morgan fingerprint density at radius 1 is 1.11 bits per heavy atom. The number of aromatic nitrogens is 1. The molecule has 0 saturated carbocycles. The summed E-state index contributed by atoms with van der Waals surface area (Å²) in [4.78, 5) is 9.42. The Morgan fingerprint density at radius 2 is 1.94 bits per heavy atom. The molecule has 0 radical (unpaired) electrons. The highest BCUT2D eigenvalue weighted by Crippen LogP contribution is 2.29. The molecule has 2 rings (SSSR count). The van der Waals surface area contributed by atoms with Crippen LogP contribution >= 0.6 is 0 Å². The van der Waals surface area contributed by atoms with Gasteiger partial charge in [0.05, 0.1) is 19.9 Å². The fourth-order valence-corrected chi connectivity index (χ4v) is 1.76. The molecule has 2 aromatic rings. The van der Waals surface area contributed by atoms with Gasteiger partial charge < -0.3 is 4.74 Å². The summed E-state index contributed by atoms with van der Waals surface area (Å²) < 4.78 is 5.34. The van der Waals surface area contributed by atoms with Crippen molar-refractivity contribution in [3.63, 3.8) is 0 Å². The first-order chi connectivity index (χ1) is 8.74. The molecule has 94 valence electrons. The Labute approximate surface area is 107 Å². The van der Waals surface area contributed by atoms with Crippen LogP contribution in [0, 0.1) is 6.92 Å². The van der Waals surface area contributed by atoms with Gasteiger partial charge in [-0.25, -0.2) is 4.98 Å². The van der Waals surface area contributed by atoms with Gasteiger partial charge in [0, 0.05) is 11.3 Å².